The second-order valence-corrected chi connectivity index (χ2v) is 4.83. The van der Waals surface area contributed by atoms with E-state index >= 15 is 0 Å². The van der Waals surface area contributed by atoms with Crippen molar-refractivity contribution in [3.05, 3.63) is 12.2 Å². The molecule has 0 heterocycles. The molecule has 0 aromatic carbocycles. The zero-order chi connectivity index (χ0) is 10.8. The Morgan fingerprint density at radius 2 is 2.33 bits per heavy atom. The number of hydrogen-bond donors (Lipinski definition) is 2. The summed E-state index contributed by atoms with van der Waals surface area (Å²) >= 11 is 0. The van der Waals surface area contributed by atoms with E-state index in [9.17, 15) is 4.79 Å². The van der Waals surface area contributed by atoms with E-state index < -0.39 is 5.97 Å². The van der Waals surface area contributed by atoms with E-state index in [-0.39, 0.29) is 6.42 Å². The van der Waals surface area contributed by atoms with Crippen LogP contribution in [0.4, 0.5) is 0 Å². The summed E-state index contributed by atoms with van der Waals surface area (Å²) in [4.78, 5) is 10.4. The summed E-state index contributed by atoms with van der Waals surface area (Å²) in [6, 6.07) is 0.448. The zero-order valence-corrected chi connectivity index (χ0v) is 9.15. The van der Waals surface area contributed by atoms with E-state index in [0.717, 1.165) is 11.8 Å². The molecule has 4 unspecified atom stereocenters. The van der Waals surface area contributed by atoms with Gasteiger partial charge in [-0.25, -0.2) is 0 Å². The molecule has 0 radical (unpaired) electrons. The Morgan fingerprint density at radius 1 is 1.53 bits per heavy atom. The Balaban J connectivity index is 1.74. The predicted octanol–water partition coefficient (Wildman–Crippen LogP) is 1.65. The van der Waals surface area contributed by atoms with Crippen molar-refractivity contribution in [3.63, 3.8) is 0 Å². The molecule has 15 heavy (non-hydrogen) atoms. The van der Waals surface area contributed by atoms with Gasteiger partial charge in [0.05, 0.1) is 6.42 Å². The monoisotopic (exact) mass is 209 g/mol. The number of rotatable bonds is 5. The van der Waals surface area contributed by atoms with Crippen molar-refractivity contribution in [1.82, 2.24) is 5.32 Å². The van der Waals surface area contributed by atoms with Crippen LogP contribution >= 0.6 is 0 Å². The molecule has 0 aromatic rings. The minimum absolute atomic E-state index is 0.223. The highest BCUT2D eigenvalue weighted by Crippen LogP contribution is 2.44. The predicted molar refractivity (Wildman–Crippen MR) is 58.6 cm³/mol. The average molecular weight is 209 g/mol. The number of nitrogens with one attached hydrogen (secondary N) is 1. The second kappa shape index (κ2) is 4.35. The molecule has 0 aliphatic heterocycles. The maximum Gasteiger partial charge on any atom is 0.304 e. The lowest BCUT2D eigenvalue weighted by molar-refractivity contribution is -0.136. The molecule has 1 saturated carbocycles. The number of fused-ring (bicyclic) bond motifs is 2. The van der Waals surface area contributed by atoms with Gasteiger partial charge in [-0.1, -0.05) is 12.2 Å². The number of carbonyl (C=O) groups is 1. The lowest BCUT2D eigenvalue weighted by Gasteiger charge is -2.26. The summed E-state index contributed by atoms with van der Waals surface area (Å²) in [5, 5.41) is 11.9. The molecule has 2 rings (SSSR count). The summed E-state index contributed by atoms with van der Waals surface area (Å²) < 4.78 is 0. The first-order chi connectivity index (χ1) is 7.16. The second-order valence-electron chi connectivity index (χ2n) is 4.83. The molecule has 0 spiro atoms. The topological polar surface area (TPSA) is 49.3 Å². The van der Waals surface area contributed by atoms with E-state index in [1.807, 2.05) is 0 Å². The summed E-state index contributed by atoms with van der Waals surface area (Å²) in [6.07, 6.45) is 7.50. The van der Waals surface area contributed by atoms with Gasteiger partial charge in [0.15, 0.2) is 0 Å². The van der Waals surface area contributed by atoms with E-state index in [2.05, 4.69) is 24.4 Å². The quantitative estimate of drug-likeness (QED) is 0.677. The smallest absolute Gasteiger partial charge is 0.304 e. The van der Waals surface area contributed by atoms with Crippen LogP contribution in [0.15, 0.2) is 12.2 Å². The van der Waals surface area contributed by atoms with E-state index in [4.69, 9.17) is 5.11 Å². The molecule has 4 atom stereocenters. The van der Waals surface area contributed by atoms with Gasteiger partial charge in [-0.3, -0.25) is 4.79 Å². The molecule has 0 saturated heterocycles. The van der Waals surface area contributed by atoms with Gasteiger partial charge in [0.25, 0.3) is 0 Å². The van der Waals surface area contributed by atoms with Crippen molar-refractivity contribution < 1.29 is 9.90 Å². The van der Waals surface area contributed by atoms with Crippen molar-refractivity contribution >= 4 is 5.97 Å². The van der Waals surface area contributed by atoms with Crippen LogP contribution in [0.5, 0.6) is 0 Å². The van der Waals surface area contributed by atoms with Crippen LogP contribution < -0.4 is 5.32 Å². The molecule has 2 aliphatic rings. The lowest BCUT2D eigenvalue weighted by Crippen LogP contribution is -2.36. The van der Waals surface area contributed by atoms with E-state index in [1.54, 1.807) is 0 Å². The number of hydrogen-bond acceptors (Lipinski definition) is 2. The van der Waals surface area contributed by atoms with Crippen LogP contribution in [-0.2, 0) is 4.79 Å². The first-order valence-corrected chi connectivity index (χ1v) is 5.80. The largest absolute Gasteiger partial charge is 0.481 e. The highest BCUT2D eigenvalue weighted by Gasteiger charge is 2.38. The molecular weight excluding hydrogens is 190 g/mol. The van der Waals surface area contributed by atoms with Gasteiger partial charge in [-0.05, 0) is 37.5 Å². The summed E-state index contributed by atoms with van der Waals surface area (Å²) in [5.41, 5.74) is 0. The van der Waals surface area contributed by atoms with Crippen molar-refractivity contribution in [3.8, 4) is 0 Å². The van der Waals surface area contributed by atoms with Gasteiger partial charge < -0.3 is 10.4 Å². The van der Waals surface area contributed by atoms with Crippen molar-refractivity contribution in [2.75, 3.05) is 6.54 Å². The molecule has 3 heteroatoms. The SMILES string of the molecule is CC(NCCC(=O)O)C1CC2C=CC1C2. The van der Waals surface area contributed by atoms with Crippen molar-refractivity contribution in [1.29, 1.82) is 0 Å². The van der Waals surface area contributed by atoms with Crippen LogP contribution in [0, 0.1) is 17.8 Å². The maximum atomic E-state index is 10.4. The molecule has 2 aliphatic carbocycles. The molecule has 0 amide bonds. The normalized spacial score (nSPS) is 34.6. The van der Waals surface area contributed by atoms with Crippen LogP contribution in [0.25, 0.3) is 0 Å². The zero-order valence-electron chi connectivity index (χ0n) is 9.15. The fraction of sp³-hybridized carbons (Fsp3) is 0.750. The molecule has 3 nitrogen and oxygen atoms in total. The first-order valence-electron chi connectivity index (χ1n) is 5.80. The molecule has 2 N–H and O–H groups in total. The Labute approximate surface area is 90.6 Å². The third-order valence-electron chi connectivity index (χ3n) is 3.78. The van der Waals surface area contributed by atoms with Crippen molar-refractivity contribution in [2.45, 2.75) is 32.2 Å². The van der Waals surface area contributed by atoms with E-state index in [0.29, 0.717) is 18.5 Å². The third kappa shape index (κ3) is 2.40. The third-order valence-corrected chi connectivity index (χ3v) is 3.78. The molecule has 84 valence electrons. The summed E-state index contributed by atoms with van der Waals surface area (Å²) in [5.74, 6) is 1.53. The van der Waals surface area contributed by atoms with Gasteiger partial charge >= 0.3 is 5.97 Å². The first kappa shape index (κ1) is 10.7. The highest BCUT2D eigenvalue weighted by atomic mass is 16.4. The van der Waals surface area contributed by atoms with Crippen LogP contribution in [-0.4, -0.2) is 23.7 Å². The molecule has 1 fully saturated rings. The van der Waals surface area contributed by atoms with Gasteiger partial charge in [0.2, 0.25) is 0 Å². The van der Waals surface area contributed by atoms with Crippen LogP contribution in [0.2, 0.25) is 0 Å². The van der Waals surface area contributed by atoms with Crippen molar-refractivity contribution in [2.24, 2.45) is 17.8 Å². The minimum atomic E-state index is -0.720. The Kier molecular flexibility index (Phi) is 3.10. The Bertz CT molecular complexity index is 275. The molecule has 2 bridgehead atoms. The number of aliphatic carboxylic acids is 1. The molecule has 0 aromatic heterocycles. The van der Waals surface area contributed by atoms with E-state index in [1.165, 1.54) is 12.8 Å². The van der Waals surface area contributed by atoms with Gasteiger partial charge in [0, 0.05) is 12.6 Å². The summed E-state index contributed by atoms with van der Waals surface area (Å²) in [7, 11) is 0. The van der Waals surface area contributed by atoms with Crippen LogP contribution in [0.1, 0.15) is 26.2 Å². The average Bonchev–Trinajstić information content (AvgIpc) is 2.77. The number of allylic oxidation sites excluding steroid dienone is 2. The standard InChI is InChI=1S/C12H19NO2/c1-8(13-5-4-12(14)15)11-7-9-2-3-10(11)6-9/h2-3,8-11,13H,4-7H2,1H3,(H,14,15). The molecular formula is C12H19NO2. The Hall–Kier alpha value is -0.830. The van der Waals surface area contributed by atoms with Gasteiger partial charge in [0.1, 0.15) is 0 Å². The minimum Gasteiger partial charge on any atom is -0.481 e. The number of carboxylic acids is 1. The van der Waals surface area contributed by atoms with Gasteiger partial charge in [-0.15, -0.1) is 0 Å². The Morgan fingerprint density at radius 3 is 2.87 bits per heavy atom. The number of carboxylic acid groups (broad SMARTS) is 1. The fourth-order valence-corrected chi connectivity index (χ4v) is 2.96. The maximum absolute atomic E-state index is 10.4. The van der Waals surface area contributed by atoms with Crippen LogP contribution in [0.3, 0.4) is 0 Å². The van der Waals surface area contributed by atoms with Gasteiger partial charge in [-0.2, -0.15) is 0 Å². The summed E-state index contributed by atoms with van der Waals surface area (Å²) in [6.45, 7) is 2.77. The lowest BCUT2D eigenvalue weighted by atomic mass is 9.87. The fourth-order valence-electron chi connectivity index (χ4n) is 2.96. The highest BCUT2D eigenvalue weighted by molar-refractivity contribution is 5.66.